The van der Waals surface area contributed by atoms with Gasteiger partial charge in [-0.05, 0) is 25.0 Å². The summed E-state index contributed by atoms with van der Waals surface area (Å²) in [5.74, 6) is 0.458. The summed E-state index contributed by atoms with van der Waals surface area (Å²) in [5.41, 5.74) is 0.820. The first-order chi connectivity index (χ1) is 9.29. The molecule has 4 nitrogen and oxygen atoms in total. The normalized spacial score (nSPS) is 14.4. The van der Waals surface area contributed by atoms with Crippen molar-refractivity contribution in [2.24, 2.45) is 0 Å². The molecule has 3 rings (SSSR count). The van der Waals surface area contributed by atoms with E-state index in [4.69, 9.17) is 4.74 Å². The van der Waals surface area contributed by atoms with Crippen LogP contribution >= 0.6 is 0 Å². The maximum atomic E-state index is 13.0. The maximum absolute atomic E-state index is 13.0. The maximum Gasteiger partial charge on any atom is 0.238 e. The molecule has 2 aromatic rings. The number of nitrogens with one attached hydrogen (secondary N) is 1. The van der Waals surface area contributed by atoms with Gasteiger partial charge in [0.05, 0.1) is 11.9 Å². The van der Waals surface area contributed by atoms with E-state index in [1.165, 1.54) is 31.2 Å². The summed E-state index contributed by atoms with van der Waals surface area (Å²) in [5, 5.41) is 3.36. The molecule has 0 atom stereocenters. The third-order valence-electron chi connectivity index (χ3n) is 2.83. The number of hydrogen-bond donors (Lipinski definition) is 1. The monoisotopic (exact) mass is 259 g/mol. The third-order valence-corrected chi connectivity index (χ3v) is 2.83. The Morgan fingerprint density at radius 1 is 1.32 bits per heavy atom. The largest absolute Gasteiger partial charge is 0.437 e. The molecule has 0 saturated heterocycles. The average molecular weight is 259 g/mol. The number of benzene rings is 1. The van der Waals surface area contributed by atoms with Gasteiger partial charge in [-0.25, -0.2) is 9.37 Å². The lowest BCUT2D eigenvalue weighted by molar-refractivity contribution is 0.451. The second kappa shape index (κ2) is 5.32. The molecule has 1 saturated carbocycles. The van der Waals surface area contributed by atoms with Gasteiger partial charge in [-0.2, -0.15) is 0 Å². The second-order valence-corrected chi connectivity index (χ2v) is 4.56. The van der Waals surface area contributed by atoms with E-state index in [9.17, 15) is 4.39 Å². The summed E-state index contributed by atoms with van der Waals surface area (Å²) in [6.07, 6.45) is 5.68. The molecule has 5 heteroatoms. The molecule has 0 aliphatic heterocycles. The van der Waals surface area contributed by atoms with Crippen LogP contribution in [0.25, 0.3) is 0 Å². The lowest BCUT2D eigenvalue weighted by atomic mass is 10.3. The highest BCUT2D eigenvalue weighted by Crippen LogP contribution is 2.21. The van der Waals surface area contributed by atoms with Crippen molar-refractivity contribution in [3.63, 3.8) is 0 Å². The third kappa shape index (κ3) is 3.48. The second-order valence-electron chi connectivity index (χ2n) is 4.56. The van der Waals surface area contributed by atoms with Crippen molar-refractivity contribution < 1.29 is 9.13 Å². The summed E-state index contributed by atoms with van der Waals surface area (Å²) in [6, 6.07) is 6.58. The van der Waals surface area contributed by atoms with E-state index in [-0.39, 0.29) is 5.82 Å². The highest BCUT2D eigenvalue weighted by molar-refractivity contribution is 5.26. The van der Waals surface area contributed by atoms with Crippen LogP contribution in [0, 0.1) is 5.82 Å². The van der Waals surface area contributed by atoms with Crippen molar-refractivity contribution in [3.05, 3.63) is 48.2 Å². The molecule has 0 amide bonds. The standard InChI is InChI=1S/C14H14FN3O/c15-10-2-1-3-13(6-10)19-14-9-16-7-12(18-14)8-17-11-4-5-11/h1-3,6-7,9,11,17H,4-5,8H2. The van der Waals surface area contributed by atoms with E-state index in [2.05, 4.69) is 15.3 Å². The Hall–Kier alpha value is -2.01. The van der Waals surface area contributed by atoms with Crippen molar-refractivity contribution in [1.29, 1.82) is 0 Å². The Morgan fingerprint density at radius 3 is 3.00 bits per heavy atom. The fraction of sp³-hybridized carbons (Fsp3) is 0.286. The van der Waals surface area contributed by atoms with Crippen LogP contribution in [0.1, 0.15) is 18.5 Å². The molecule has 98 valence electrons. The quantitative estimate of drug-likeness (QED) is 0.896. The Morgan fingerprint density at radius 2 is 2.21 bits per heavy atom. The van der Waals surface area contributed by atoms with Crippen molar-refractivity contribution >= 4 is 0 Å². The average Bonchev–Trinajstić information content (AvgIpc) is 3.21. The minimum absolute atomic E-state index is 0.336. The summed E-state index contributed by atoms with van der Waals surface area (Å²) < 4.78 is 18.5. The number of hydrogen-bond acceptors (Lipinski definition) is 4. The SMILES string of the molecule is Fc1cccc(Oc2cncc(CNC3CC3)n2)c1. The molecular formula is C14H14FN3O. The summed E-state index contributed by atoms with van der Waals surface area (Å²) in [7, 11) is 0. The van der Waals surface area contributed by atoms with Gasteiger partial charge in [-0.3, -0.25) is 4.98 Å². The van der Waals surface area contributed by atoms with E-state index in [0.29, 0.717) is 24.2 Å². The molecule has 1 aromatic carbocycles. The predicted molar refractivity (Wildman–Crippen MR) is 68.4 cm³/mol. The van der Waals surface area contributed by atoms with Crippen LogP contribution in [0.5, 0.6) is 11.6 Å². The predicted octanol–water partition coefficient (Wildman–Crippen LogP) is 2.66. The highest BCUT2D eigenvalue weighted by Gasteiger charge is 2.20. The molecule has 1 aliphatic rings. The van der Waals surface area contributed by atoms with Gasteiger partial charge in [-0.1, -0.05) is 6.07 Å². The van der Waals surface area contributed by atoms with Crippen molar-refractivity contribution in [3.8, 4) is 11.6 Å². The highest BCUT2D eigenvalue weighted by atomic mass is 19.1. The molecule has 0 spiro atoms. The summed E-state index contributed by atoms with van der Waals surface area (Å²) in [6.45, 7) is 0.679. The zero-order valence-electron chi connectivity index (χ0n) is 10.3. The number of aromatic nitrogens is 2. The van der Waals surface area contributed by atoms with Gasteiger partial charge >= 0.3 is 0 Å². The molecule has 1 N–H and O–H groups in total. The van der Waals surface area contributed by atoms with Crippen molar-refractivity contribution in [1.82, 2.24) is 15.3 Å². The molecule has 19 heavy (non-hydrogen) atoms. The van der Waals surface area contributed by atoms with Crippen LogP contribution < -0.4 is 10.1 Å². The molecule has 1 heterocycles. The number of halogens is 1. The Kier molecular flexibility index (Phi) is 3.37. The van der Waals surface area contributed by atoms with Crippen LogP contribution in [-0.4, -0.2) is 16.0 Å². The molecule has 1 fully saturated rings. The van der Waals surface area contributed by atoms with E-state index in [0.717, 1.165) is 5.69 Å². The first kappa shape index (κ1) is 12.0. The summed E-state index contributed by atoms with van der Waals surface area (Å²) in [4.78, 5) is 8.41. The fourth-order valence-corrected chi connectivity index (χ4v) is 1.71. The van der Waals surface area contributed by atoms with Gasteiger partial charge in [-0.15, -0.1) is 0 Å². The molecular weight excluding hydrogens is 245 g/mol. The van der Waals surface area contributed by atoms with Crippen LogP contribution in [0.3, 0.4) is 0 Å². The van der Waals surface area contributed by atoms with E-state index >= 15 is 0 Å². The van der Waals surface area contributed by atoms with E-state index < -0.39 is 0 Å². The first-order valence-corrected chi connectivity index (χ1v) is 6.27. The Balaban J connectivity index is 1.67. The van der Waals surface area contributed by atoms with Crippen LogP contribution in [-0.2, 0) is 6.54 Å². The van der Waals surface area contributed by atoms with Gasteiger partial charge < -0.3 is 10.1 Å². The van der Waals surface area contributed by atoms with E-state index in [1.807, 2.05) is 0 Å². The topological polar surface area (TPSA) is 47.0 Å². The minimum Gasteiger partial charge on any atom is -0.437 e. The Labute approximate surface area is 110 Å². The zero-order chi connectivity index (χ0) is 13.1. The van der Waals surface area contributed by atoms with Gasteiger partial charge in [0.25, 0.3) is 0 Å². The molecule has 0 radical (unpaired) electrons. The summed E-state index contributed by atoms with van der Waals surface area (Å²) >= 11 is 0. The molecule has 0 unspecified atom stereocenters. The Bertz CT molecular complexity index is 572. The van der Waals surface area contributed by atoms with Crippen LogP contribution in [0.15, 0.2) is 36.7 Å². The van der Waals surface area contributed by atoms with E-state index in [1.54, 1.807) is 18.3 Å². The lowest BCUT2D eigenvalue weighted by Crippen LogP contribution is -2.16. The van der Waals surface area contributed by atoms with Crippen molar-refractivity contribution in [2.75, 3.05) is 0 Å². The van der Waals surface area contributed by atoms with Crippen LogP contribution in [0.4, 0.5) is 4.39 Å². The fourth-order valence-electron chi connectivity index (χ4n) is 1.71. The van der Waals surface area contributed by atoms with Gasteiger partial charge in [0.1, 0.15) is 11.6 Å². The van der Waals surface area contributed by atoms with Gasteiger partial charge in [0.15, 0.2) is 0 Å². The molecule has 1 aliphatic carbocycles. The van der Waals surface area contributed by atoms with Crippen molar-refractivity contribution in [2.45, 2.75) is 25.4 Å². The number of nitrogens with zero attached hydrogens (tertiary/aromatic N) is 2. The smallest absolute Gasteiger partial charge is 0.238 e. The molecule has 1 aromatic heterocycles. The van der Waals surface area contributed by atoms with Gasteiger partial charge in [0.2, 0.25) is 5.88 Å². The lowest BCUT2D eigenvalue weighted by Gasteiger charge is -2.06. The number of rotatable bonds is 5. The molecule has 0 bridgehead atoms. The minimum atomic E-state index is -0.336. The van der Waals surface area contributed by atoms with Crippen LogP contribution in [0.2, 0.25) is 0 Å². The zero-order valence-corrected chi connectivity index (χ0v) is 10.3. The number of ether oxygens (including phenoxy) is 1. The first-order valence-electron chi connectivity index (χ1n) is 6.27. The van der Waals surface area contributed by atoms with Gasteiger partial charge in [0, 0.05) is 24.8 Å².